The van der Waals surface area contributed by atoms with Crippen molar-refractivity contribution in [2.24, 2.45) is 5.92 Å². The molecule has 1 saturated heterocycles. The molecule has 2 nitrogen and oxygen atoms in total. The lowest BCUT2D eigenvalue weighted by Crippen LogP contribution is -2.45. The maximum atomic E-state index is 3.81. The topological polar surface area (TPSA) is 15.3 Å². The lowest BCUT2D eigenvalue weighted by molar-refractivity contribution is 0.218. The van der Waals surface area contributed by atoms with Gasteiger partial charge in [0.15, 0.2) is 0 Å². The van der Waals surface area contributed by atoms with Crippen molar-refractivity contribution in [1.29, 1.82) is 0 Å². The Morgan fingerprint density at radius 3 is 2.87 bits per heavy atom. The van der Waals surface area contributed by atoms with Gasteiger partial charge in [0.1, 0.15) is 0 Å². The van der Waals surface area contributed by atoms with Crippen LogP contribution < -0.4 is 5.32 Å². The molecular weight excluding hydrogens is 184 g/mol. The summed E-state index contributed by atoms with van der Waals surface area (Å²) in [4.78, 5) is 2.46. The van der Waals surface area contributed by atoms with Gasteiger partial charge in [-0.25, -0.2) is 0 Å². The molecule has 1 N–H and O–H groups in total. The number of hydrogen-bond donors (Lipinski definition) is 1. The Kier molecular flexibility index (Phi) is 5.96. The molecule has 88 valence electrons. The van der Waals surface area contributed by atoms with Gasteiger partial charge >= 0.3 is 0 Å². The second-order valence-electron chi connectivity index (χ2n) is 4.59. The number of likely N-dealkylation sites (N-methyl/N-ethyl adjacent to an activating group) is 1. The minimum atomic E-state index is 0.698. The molecule has 0 bridgehead atoms. The van der Waals surface area contributed by atoms with Gasteiger partial charge in [0, 0.05) is 19.1 Å². The molecule has 0 aromatic rings. The van der Waals surface area contributed by atoms with Crippen molar-refractivity contribution >= 4 is 0 Å². The van der Waals surface area contributed by atoms with Crippen LogP contribution in [0.4, 0.5) is 0 Å². The van der Waals surface area contributed by atoms with Gasteiger partial charge in [-0.2, -0.15) is 0 Å². The Morgan fingerprint density at radius 2 is 2.27 bits per heavy atom. The third-order valence-electron chi connectivity index (χ3n) is 3.49. The molecule has 2 unspecified atom stereocenters. The zero-order valence-corrected chi connectivity index (χ0v) is 10.3. The van der Waals surface area contributed by atoms with Crippen LogP contribution in [0.25, 0.3) is 0 Å². The van der Waals surface area contributed by atoms with Gasteiger partial charge in [-0.1, -0.05) is 26.3 Å². The number of piperidine rings is 1. The predicted octanol–water partition coefficient (Wildman–Crippen LogP) is 2.27. The molecule has 1 aliphatic rings. The van der Waals surface area contributed by atoms with Crippen molar-refractivity contribution in [3.63, 3.8) is 0 Å². The van der Waals surface area contributed by atoms with Crippen molar-refractivity contribution in [3.05, 3.63) is 12.7 Å². The van der Waals surface area contributed by atoms with Crippen LogP contribution in [0.3, 0.4) is 0 Å². The molecule has 0 aromatic heterocycles. The molecule has 1 rings (SSSR count). The van der Waals surface area contributed by atoms with E-state index in [1.165, 1.54) is 32.4 Å². The van der Waals surface area contributed by atoms with Crippen molar-refractivity contribution in [2.45, 2.75) is 39.2 Å². The van der Waals surface area contributed by atoms with E-state index in [9.17, 15) is 0 Å². The Labute approximate surface area is 94.7 Å². The Bertz CT molecular complexity index is 179. The minimum absolute atomic E-state index is 0.698. The first-order chi connectivity index (χ1) is 7.30. The van der Waals surface area contributed by atoms with Crippen LogP contribution in [0.2, 0.25) is 0 Å². The fourth-order valence-electron chi connectivity index (χ4n) is 2.43. The first-order valence-electron chi connectivity index (χ1n) is 6.36. The van der Waals surface area contributed by atoms with E-state index in [0.29, 0.717) is 6.04 Å². The Hall–Kier alpha value is -0.340. The predicted molar refractivity (Wildman–Crippen MR) is 67.1 cm³/mol. The summed E-state index contributed by atoms with van der Waals surface area (Å²) in [5.74, 6) is 0.943. The molecule has 0 saturated carbocycles. The van der Waals surface area contributed by atoms with Gasteiger partial charge in [0.25, 0.3) is 0 Å². The van der Waals surface area contributed by atoms with E-state index >= 15 is 0 Å². The summed E-state index contributed by atoms with van der Waals surface area (Å²) in [6.07, 6.45) is 6.06. The molecule has 0 aromatic carbocycles. The second-order valence-corrected chi connectivity index (χ2v) is 4.59. The molecular formula is C13H26N2. The molecule has 2 heteroatoms. The zero-order chi connectivity index (χ0) is 11.1. The number of hydrogen-bond acceptors (Lipinski definition) is 2. The van der Waals surface area contributed by atoms with Crippen LogP contribution in [0.1, 0.15) is 33.1 Å². The molecule has 0 amide bonds. The highest BCUT2D eigenvalue weighted by molar-refractivity contribution is 4.82. The average molecular weight is 210 g/mol. The molecule has 0 radical (unpaired) electrons. The molecule has 0 aliphatic carbocycles. The molecule has 1 aliphatic heterocycles. The summed E-state index contributed by atoms with van der Waals surface area (Å²) in [6, 6.07) is 0.698. The van der Waals surface area contributed by atoms with Crippen molar-refractivity contribution < 1.29 is 0 Å². The van der Waals surface area contributed by atoms with Crippen molar-refractivity contribution in [2.75, 3.05) is 26.2 Å². The van der Waals surface area contributed by atoms with Crippen LogP contribution in [0.5, 0.6) is 0 Å². The fourth-order valence-corrected chi connectivity index (χ4v) is 2.43. The SMILES string of the molecule is C=CCN(CC)CC1CC(CC)CCN1. The van der Waals surface area contributed by atoms with Crippen LogP contribution in [-0.2, 0) is 0 Å². The van der Waals surface area contributed by atoms with Crippen LogP contribution in [0, 0.1) is 5.92 Å². The third-order valence-corrected chi connectivity index (χ3v) is 3.49. The highest BCUT2D eigenvalue weighted by Gasteiger charge is 2.21. The van der Waals surface area contributed by atoms with Gasteiger partial charge in [0.2, 0.25) is 0 Å². The first-order valence-corrected chi connectivity index (χ1v) is 6.36. The van der Waals surface area contributed by atoms with E-state index in [1.54, 1.807) is 0 Å². The fraction of sp³-hybridized carbons (Fsp3) is 0.846. The largest absolute Gasteiger partial charge is 0.313 e. The Balaban J connectivity index is 2.32. The quantitative estimate of drug-likeness (QED) is 0.677. The summed E-state index contributed by atoms with van der Waals surface area (Å²) in [5.41, 5.74) is 0. The summed E-state index contributed by atoms with van der Waals surface area (Å²) in [7, 11) is 0. The lowest BCUT2D eigenvalue weighted by Gasteiger charge is -2.33. The van der Waals surface area contributed by atoms with Gasteiger partial charge < -0.3 is 5.32 Å². The lowest BCUT2D eigenvalue weighted by atomic mass is 9.90. The van der Waals surface area contributed by atoms with E-state index in [0.717, 1.165) is 19.0 Å². The highest BCUT2D eigenvalue weighted by Crippen LogP contribution is 2.19. The summed E-state index contributed by atoms with van der Waals surface area (Å²) in [6.45, 7) is 12.9. The van der Waals surface area contributed by atoms with Crippen molar-refractivity contribution in [3.8, 4) is 0 Å². The maximum absolute atomic E-state index is 3.81. The third kappa shape index (κ3) is 4.35. The first kappa shape index (κ1) is 12.7. The van der Waals surface area contributed by atoms with E-state index in [1.807, 2.05) is 6.08 Å². The minimum Gasteiger partial charge on any atom is -0.313 e. The van der Waals surface area contributed by atoms with E-state index in [2.05, 4.69) is 30.6 Å². The molecule has 0 spiro atoms. The number of nitrogens with one attached hydrogen (secondary N) is 1. The zero-order valence-electron chi connectivity index (χ0n) is 10.3. The maximum Gasteiger partial charge on any atom is 0.0197 e. The van der Waals surface area contributed by atoms with E-state index < -0.39 is 0 Å². The molecule has 15 heavy (non-hydrogen) atoms. The monoisotopic (exact) mass is 210 g/mol. The number of rotatable bonds is 6. The van der Waals surface area contributed by atoms with E-state index in [4.69, 9.17) is 0 Å². The summed E-state index contributed by atoms with van der Waals surface area (Å²) >= 11 is 0. The average Bonchev–Trinajstić information content (AvgIpc) is 2.29. The summed E-state index contributed by atoms with van der Waals surface area (Å²) < 4.78 is 0. The van der Waals surface area contributed by atoms with Crippen LogP contribution >= 0.6 is 0 Å². The van der Waals surface area contributed by atoms with Gasteiger partial charge in [-0.05, 0) is 31.8 Å². The normalized spacial score (nSPS) is 26.9. The van der Waals surface area contributed by atoms with Crippen molar-refractivity contribution in [1.82, 2.24) is 10.2 Å². The second kappa shape index (κ2) is 7.02. The molecule has 1 fully saturated rings. The van der Waals surface area contributed by atoms with E-state index in [-0.39, 0.29) is 0 Å². The summed E-state index contributed by atoms with van der Waals surface area (Å²) in [5, 5.41) is 3.63. The van der Waals surface area contributed by atoms with Crippen LogP contribution in [-0.4, -0.2) is 37.1 Å². The Morgan fingerprint density at radius 1 is 1.47 bits per heavy atom. The molecule has 2 atom stereocenters. The molecule has 1 heterocycles. The smallest absolute Gasteiger partial charge is 0.0197 e. The van der Waals surface area contributed by atoms with Gasteiger partial charge in [0.05, 0.1) is 0 Å². The van der Waals surface area contributed by atoms with Gasteiger partial charge in [-0.3, -0.25) is 4.90 Å². The highest BCUT2D eigenvalue weighted by atomic mass is 15.1. The van der Waals surface area contributed by atoms with Crippen LogP contribution in [0.15, 0.2) is 12.7 Å². The standard InChI is InChI=1S/C13H26N2/c1-4-9-15(6-3)11-13-10-12(5-2)7-8-14-13/h4,12-14H,1,5-11H2,2-3H3. The van der Waals surface area contributed by atoms with Gasteiger partial charge in [-0.15, -0.1) is 6.58 Å². The number of nitrogens with zero attached hydrogens (tertiary/aromatic N) is 1.